The largest absolute Gasteiger partial charge is 0.490 e. The molecule has 1 atom stereocenters. The maximum atomic E-state index is 10.6. The molecule has 3 aromatic rings. The molecule has 0 radical (unpaired) electrons. The van der Waals surface area contributed by atoms with Gasteiger partial charge in [0.15, 0.2) is 0 Å². The van der Waals surface area contributed by atoms with Crippen LogP contribution in [0.5, 0.6) is 0 Å². The number of aromatic nitrogens is 3. The molecule has 1 aliphatic heterocycles. The van der Waals surface area contributed by atoms with E-state index in [4.69, 9.17) is 19.6 Å². The molecule has 10 heteroatoms. The zero-order valence-electron chi connectivity index (χ0n) is 16.9. The summed E-state index contributed by atoms with van der Waals surface area (Å²) in [6.45, 7) is 6.18. The monoisotopic (exact) mass is 436 g/mol. The molecule has 0 saturated carbocycles. The molecule has 3 heterocycles. The second-order valence-electron chi connectivity index (χ2n) is 7.05. The van der Waals surface area contributed by atoms with E-state index in [1.165, 1.54) is 11.1 Å². The van der Waals surface area contributed by atoms with Crippen LogP contribution in [0.3, 0.4) is 0 Å². The fourth-order valence-electron chi connectivity index (χ4n) is 3.38. The van der Waals surface area contributed by atoms with Crippen LogP contribution in [0.1, 0.15) is 18.3 Å². The van der Waals surface area contributed by atoms with Crippen LogP contribution in [0.2, 0.25) is 0 Å². The molecule has 166 valence electrons. The maximum Gasteiger partial charge on any atom is 0.490 e. The van der Waals surface area contributed by atoms with Crippen LogP contribution in [0, 0.1) is 0 Å². The second kappa shape index (κ2) is 9.88. The number of carbonyl (C=O) groups is 1. The van der Waals surface area contributed by atoms with E-state index in [0.29, 0.717) is 0 Å². The highest BCUT2D eigenvalue weighted by Gasteiger charge is 2.38. The summed E-state index contributed by atoms with van der Waals surface area (Å²) in [6.07, 6.45) is -3.05. The highest BCUT2D eigenvalue weighted by molar-refractivity contribution is 5.78. The Hall–Kier alpha value is -2.98. The van der Waals surface area contributed by atoms with Crippen LogP contribution < -0.4 is 0 Å². The van der Waals surface area contributed by atoms with Gasteiger partial charge in [-0.05, 0) is 25.1 Å². The van der Waals surface area contributed by atoms with Crippen molar-refractivity contribution in [3.63, 3.8) is 0 Å². The Balaban J connectivity index is 0.000000339. The number of carboxylic acids is 1. The number of alkyl halides is 3. The van der Waals surface area contributed by atoms with E-state index in [0.717, 1.165) is 44.0 Å². The van der Waals surface area contributed by atoms with Gasteiger partial charge in [-0.15, -0.1) is 0 Å². The number of carboxylic acid groups (broad SMARTS) is 1. The average molecular weight is 436 g/mol. The normalized spacial score (nSPS) is 16.8. The maximum absolute atomic E-state index is 10.6. The van der Waals surface area contributed by atoms with E-state index >= 15 is 0 Å². The van der Waals surface area contributed by atoms with Crippen molar-refractivity contribution in [3.8, 4) is 0 Å². The van der Waals surface area contributed by atoms with Crippen molar-refractivity contribution < 1.29 is 27.8 Å². The number of fused-ring (bicyclic) bond motifs is 2. The first kappa shape index (κ1) is 22.7. The lowest BCUT2D eigenvalue weighted by Gasteiger charge is -2.23. The molecule has 0 aliphatic carbocycles. The van der Waals surface area contributed by atoms with E-state index in [9.17, 15) is 13.2 Å². The summed E-state index contributed by atoms with van der Waals surface area (Å²) in [6, 6.07) is 14.6. The Kier molecular flexibility index (Phi) is 7.24. The Labute approximate surface area is 177 Å². The number of hydrogen-bond acceptors (Lipinski definition) is 5. The lowest BCUT2D eigenvalue weighted by atomic mass is 10.2. The molecule has 1 N–H and O–H groups in total. The predicted molar refractivity (Wildman–Crippen MR) is 107 cm³/mol. The predicted octanol–water partition coefficient (Wildman–Crippen LogP) is 3.49. The number of nitrogens with zero attached hydrogens (tertiary/aromatic N) is 4. The van der Waals surface area contributed by atoms with Gasteiger partial charge < -0.3 is 9.84 Å². The number of rotatable bonds is 4. The summed E-state index contributed by atoms with van der Waals surface area (Å²) in [7, 11) is 0. The number of hydrogen-bond donors (Lipinski definition) is 1. The van der Waals surface area contributed by atoms with Crippen LogP contribution in [-0.2, 0) is 29.2 Å². The van der Waals surface area contributed by atoms with Gasteiger partial charge in [-0.1, -0.05) is 24.3 Å². The van der Waals surface area contributed by atoms with Gasteiger partial charge in [0.2, 0.25) is 0 Å². The van der Waals surface area contributed by atoms with Gasteiger partial charge in [0.1, 0.15) is 0 Å². The van der Waals surface area contributed by atoms with Crippen molar-refractivity contribution in [2.45, 2.75) is 38.8 Å². The van der Waals surface area contributed by atoms with Gasteiger partial charge in [0, 0.05) is 37.8 Å². The standard InChI is InChI=1S/C19H22N4O.C2HF3O2/c1-2-24-18-13-22(12-17-9-10-20-23(17)14-18)11-16-8-7-15-5-3-4-6-19(15)21-16;3-2(4,5)1(6)7/h3-10,18H,2,11-14H2,1H3;(H,6,7). The topological polar surface area (TPSA) is 80.5 Å². The third kappa shape index (κ3) is 6.25. The quantitative estimate of drug-likeness (QED) is 0.675. The first-order chi connectivity index (χ1) is 14.8. The number of aliphatic carboxylic acids is 1. The van der Waals surface area contributed by atoms with Gasteiger partial charge in [-0.2, -0.15) is 18.3 Å². The lowest BCUT2D eigenvalue weighted by Crippen LogP contribution is -2.33. The van der Waals surface area contributed by atoms with E-state index in [1.807, 2.05) is 25.3 Å². The van der Waals surface area contributed by atoms with Crippen molar-refractivity contribution in [1.29, 1.82) is 0 Å². The lowest BCUT2D eigenvalue weighted by molar-refractivity contribution is -0.192. The molecule has 2 aromatic heterocycles. The summed E-state index contributed by atoms with van der Waals surface area (Å²) < 4.78 is 39.7. The first-order valence-corrected chi connectivity index (χ1v) is 9.75. The summed E-state index contributed by atoms with van der Waals surface area (Å²) in [5.41, 5.74) is 3.38. The number of pyridine rings is 1. The van der Waals surface area contributed by atoms with Gasteiger partial charge >= 0.3 is 12.1 Å². The summed E-state index contributed by atoms with van der Waals surface area (Å²) in [5.74, 6) is -2.76. The number of benzene rings is 1. The Morgan fingerprint density at radius 3 is 2.65 bits per heavy atom. The van der Waals surface area contributed by atoms with E-state index < -0.39 is 12.1 Å². The van der Waals surface area contributed by atoms with Crippen LogP contribution in [0.4, 0.5) is 13.2 Å². The minimum Gasteiger partial charge on any atom is -0.475 e. The van der Waals surface area contributed by atoms with Crippen molar-refractivity contribution >= 4 is 16.9 Å². The van der Waals surface area contributed by atoms with Crippen LogP contribution in [-0.4, -0.2) is 56.2 Å². The third-order valence-corrected chi connectivity index (χ3v) is 4.72. The smallest absolute Gasteiger partial charge is 0.475 e. The molecule has 31 heavy (non-hydrogen) atoms. The van der Waals surface area contributed by atoms with Gasteiger partial charge in [0.25, 0.3) is 0 Å². The summed E-state index contributed by atoms with van der Waals surface area (Å²) in [5, 5.41) is 12.7. The Morgan fingerprint density at radius 2 is 1.94 bits per heavy atom. The fourth-order valence-corrected chi connectivity index (χ4v) is 3.38. The van der Waals surface area contributed by atoms with E-state index in [-0.39, 0.29) is 6.10 Å². The Bertz CT molecular complexity index is 1020. The molecule has 1 aromatic carbocycles. The molecule has 1 aliphatic rings. The second-order valence-corrected chi connectivity index (χ2v) is 7.05. The van der Waals surface area contributed by atoms with Crippen LogP contribution in [0.15, 0.2) is 48.7 Å². The number of halogens is 3. The minimum absolute atomic E-state index is 0.164. The van der Waals surface area contributed by atoms with E-state index in [1.54, 1.807) is 0 Å². The molecule has 0 saturated heterocycles. The highest BCUT2D eigenvalue weighted by atomic mass is 19.4. The average Bonchev–Trinajstić information content (AvgIpc) is 3.07. The molecular formula is C21H23F3N4O3. The molecule has 0 spiro atoms. The zero-order chi connectivity index (χ0) is 22.4. The van der Waals surface area contributed by atoms with Crippen molar-refractivity contribution in [2.24, 2.45) is 0 Å². The molecule has 7 nitrogen and oxygen atoms in total. The fraction of sp³-hybridized carbons (Fsp3) is 0.381. The van der Waals surface area contributed by atoms with Gasteiger partial charge in [-0.25, -0.2) is 4.79 Å². The van der Waals surface area contributed by atoms with Crippen molar-refractivity contribution in [2.75, 3.05) is 13.2 Å². The molecule has 1 unspecified atom stereocenters. The third-order valence-electron chi connectivity index (χ3n) is 4.72. The van der Waals surface area contributed by atoms with Crippen LogP contribution >= 0.6 is 0 Å². The molecular weight excluding hydrogens is 413 g/mol. The van der Waals surface area contributed by atoms with E-state index in [2.05, 4.69) is 45.0 Å². The van der Waals surface area contributed by atoms with Crippen molar-refractivity contribution in [1.82, 2.24) is 19.7 Å². The molecule has 0 fully saturated rings. The SMILES string of the molecule is CCOC1CN(Cc2ccc3ccccc3n2)Cc2ccnn2C1.O=C(O)C(F)(F)F. The minimum atomic E-state index is -5.08. The molecule has 0 bridgehead atoms. The highest BCUT2D eigenvalue weighted by Crippen LogP contribution is 2.18. The van der Waals surface area contributed by atoms with Crippen molar-refractivity contribution in [3.05, 3.63) is 60.0 Å². The molecule has 0 amide bonds. The van der Waals surface area contributed by atoms with Gasteiger partial charge in [-0.3, -0.25) is 14.6 Å². The van der Waals surface area contributed by atoms with Crippen LogP contribution in [0.25, 0.3) is 10.9 Å². The summed E-state index contributed by atoms with van der Waals surface area (Å²) >= 11 is 0. The number of para-hydroxylation sites is 1. The Morgan fingerprint density at radius 1 is 1.19 bits per heavy atom. The summed E-state index contributed by atoms with van der Waals surface area (Å²) in [4.78, 5) is 16.1. The first-order valence-electron chi connectivity index (χ1n) is 9.75. The zero-order valence-corrected chi connectivity index (χ0v) is 16.9. The number of ether oxygens (including phenoxy) is 1. The van der Waals surface area contributed by atoms with Gasteiger partial charge in [0.05, 0.1) is 29.6 Å². The molecule has 4 rings (SSSR count).